The van der Waals surface area contributed by atoms with E-state index in [9.17, 15) is 4.79 Å². The van der Waals surface area contributed by atoms with Gasteiger partial charge in [0.15, 0.2) is 0 Å². The first kappa shape index (κ1) is 18.6. The molecule has 1 amide bonds. The van der Waals surface area contributed by atoms with Crippen LogP contribution < -0.4 is 9.47 Å². The minimum atomic E-state index is -0.0175. The van der Waals surface area contributed by atoms with Gasteiger partial charge in [-0.15, -0.1) is 5.10 Å². The molecular formula is C20H24N4O4. The zero-order valence-electron chi connectivity index (χ0n) is 15.7. The van der Waals surface area contributed by atoms with Crippen LogP contribution in [-0.4, -0.2) is 64.5 Å². The number of carbonyl (C=O) groups excluding carboxylic acids is 1. The zero-order valence-corrected chi connectivity index (χ0v) is 15.7. The van der Waals surface area contributed by atoms with Crippen molar-refractivity contribution in [3.05, 3.63) is 42.2 Å². The predicted molar refractivity (Wildman–Crippen MR) is 100 cm³/mol. The molecule has 0 saturated carbocycles. The van der Waals surface area contributed by atoms with Crippen molar-refractivity contribution in [3.8, 4) is 11.8 Å². The van der Waals surface area contributed by atoms with Crippen LogP contribution in [0.4, 0.5) is 0 Å². The summed E-state index contributed by atoms with van der Waals surface area (Å²) < 4.78 is 17.0. The molecule has 1 atom stereocenters. The summed E-state index contributed by atoms with van der Waals surface area (Å²) in [6.45, 7) is 2.58. The van der Waals surface area contributed by atoms with Crippen LogP contribution in [0, 0.1) is 0 Å². The third-order valence-electron chi connectivity index (χ3n) is 4.99. The molecule has 0 unspecified atom stereocenters. The number of aromatic nitrogens is 3. The van der Waals surface area contributed by atoms with Crippen molar-refractivity contribution in [2.75, 3.05) is 26.3 Å². The molecule has 2 fully saturated rings. The van der Waals surface area contributed by atoms with Crippen molar-refractivity contribution in [2.24, 2.45) is 0 Å². The molecule has 4 rings (SSSR count). The zero-order chi connectivity index (χ0) is 19.2. The maximum atomic E-state index is 12.7. The van der Waals surface area contributed by atoms with Crippen LogP contribution in [0.25, 0.3) is 0 Å². The largest absolute Gasteiger partial charge is 0.475 e. The fourth-order valence-electron chi connectivity index (χ4n) is 3.43. The van der Waals surface area contributed by atoms with Gasteiger partial charge in [-0.3, -0.25) is 4.79 Å². The average molecular weight is 384 g/mol. The van der Waals surface area contributed by atoms with Gasteiger partial charge in [0.25, 0.3) is 5.91 Å². The van der Waals surface area contributed by atoms with Crippen molar-refractivity contribution in [2.45, 2.75) is 37.9 Å². The molecule has 2 saturated heterocycles. The number of nitrogens with zero attached hydrogens (tertiary/aromatic N) is 4. The average Bonchev–Trinajstić information content (AvgIpc) is 3.27. The van der Waals surface area contributed by atoms with E-state index in [1.54, 1.807) is 36.7 Å². The Bertz CT molecular complexity index is 758. The van der Waals surface area contributed by atoms with E-state index in [4.69, 9.17) is 14.2 Å². The molecule has 0 radical (unpaired) electrons. The molecule has 8 nitrogen and oxygen atoms in total. The molecule has 2 aliphatic rings. The monoisotopic (exact) mass is 384 g/mol. The van der Waals surface area contributed by atoms with Gasteiger partial charge in [0.05, 0.1) is 11.7 Å². The number of hydrogen-bond donors (Lipinski definition) is 0. The minimum absolute atomic E-state index is 0.0175. The molecule has 28 heavy (non-hydrogen) atoms. The number of pyridine rings is 1. The standard InChI is InChI=1S/C20H24N4O4/c25-20(15-5-6-18(21-13-15)27-14-17-3-2-12-26-17)24-10-7-16(8-11-24)28-19-4-1-9-22-23-19/h1,4-6,9,13,16-17H,2-3,7-8,10-12,14H2/t17-/m1/s1. The SMILES string of the molecule is O=C(c1ccc(OC[C@H]2CCCO2)nc1)N1CCC(Oc2cccnn2)CC1. The van der Waals surface area contributed by atoms with E-state index in [0.717, 1.165) is 32.3 Å². The van der Waals surface area contributed by atoms with E-state index >= 15 is 0 Å². The van der Waals surface area contributed by atoms with Crippen LogP contribution in [0.5, 0.6) is 11.8 Å². The molecule has 0 aromatic carbocycles. The molecule has 4 heterocycles. The van der Waals surface area contributed by atoms with E-state index in [0.29, 0.717) is 37.0 Å². The summed E-state index contributed by atoms with van der Waals surface area (Å²) in [7, 11) is 0. The Morgan fingerprint density at radius 2 is 2.07 bits per heavy atom. The lowest BCUT2D eigenvalue weighted by Gasteiger charge is -2.31. The lowest BCUT2D eigenvalue weighted by Crippen LogP contribution is -2.41. The molecule has 0 aliphatic carbocycles. The highest BCUT2D eigenvalue weighted by Gasteiger charge is 2.25. The first-order valence-corrected chi connectivity index (χ1v) is 9.72. The van der Waals surface area contributed by atoms with Gasteiger partial charge in [-0.25, -0.2) is 4.98 Å². The molecule has 0 spiro atoms. The minimum Gasteiger partial charge on any atom is -0.475 e. The Labute approximate surface area is 163 Å². The number of hydrogen-bond acceptors (Lipinski definition) is 7. The Morgan fingerprint density at radius 1 is 1.18 bits per heavy atom. The summed E-state index contributed by atoms with van der Waals surface area (Å²) in [5.41, 5.74) is 0.567. The summed E-state index contributed by atoms with van der Waals surface area (Å²) in [4.78, 5) is 18.8. The quantitative estimate of drug-likeness (QED) is 0.754. The maximum Gasteiger partial charge on any atom is 0.255 e. The highest BCUT2D eigenvalue weighted by Crippen LogP contribution is 2.19. The van der Waals surface area contributed by atoms with Gasteiger partial charge >= 0.3 is 0 Å². The molecule has 0 N–H and O–H groups in total. The Kier molecular flexibility index (Phi) is 5.96. The number of likely N-dealkylation sites (tertiary alicyclic amines) is 1. The molecule has 0 bridgehead atoms. The van der Waals surface area contributed by atoms with Gasteiger partial charge in [0, 0.05) is 57.1 Å². The first-order chi connectivity index (χ1) is 13.8. The molecule has 2 aliphatic heterocycles. The van der Waals surface area contributed by atoms with Gasteiger partial charge in [0.1, 0.15) is 12.7 Å². The first-order valence-electron chi connectivity index (χ1n) is 9.72. The number of carbonyl (C=O) groups is 1. The van der Waals surface area contributed by atoms with E-state index in [-0.39, 0.29) is 18.1 Å². The second kappa shape index (κ2) is 8.97. The topological polar surface area (TPSA) is 86.7 Å². The maximum absolute atomic E-state index is 12.7. The third kappa shape index (κ3) is 4.75. The van der Waals surface area contributed by atoms with Crippen LogP contribution in [0.15, 0.2) is 36.7 Å². The predicted octanol–water partition coefficient (Wildman–Crippen LogP) is 2.11. The molecular weight excluding hydrogens is 360 g/mol. The van der Waals surface area contributed by atoms with Crippen molar-refractivity contribution < 1.29 is 19.0 Å². The highest BCUT2D eigenvalue weighted by molar-refractivity contribution is 5.94. The number of piperidine rings is 1. The van der Waals surface area contributed by atoms with E-state index in [1.165, 1.54) is 0 Å². The fraction of sp³-hybridized carbons (Fsp3) is 0.500. The molecule has 2 aromatic rings. The molecule has 8 heteroatoms. The van der Waals surface area contributed by atoms with Gasteiger partial charge in [0.2, 0.25) is 11.8 Å². The highest BCUT2D eigenvalue weighted by atomic mass is 16.5. The lowest BCUT2D eigenvalue weighted by molar-refractivity contribution is 0.0584. The lowest BCUT2D eigenvalue weighted by atomic mass is 10.1. The Morgan fingerprint density at radius 3 is 2.75 bits per heavy atom. The van der Waals surface area contributed by atoms with Crippen LogP contribution in [0.3, 0.4) is 0 Å². The van der Waals surface area contributed by atoms with E-state index in [1.807, 2.05) is 4.90 Å². The number of rotatable bonds is 6. The second-order valence-electron chi connectivity index (χ2n) is 7.00. The van der Waals surface area contributed by atoms with Gasteiger partial charge in [-0.2, -0.15) is 5.10 Å². The number of ether oxygens (including phenoxy) is 3. The Balaban J connectivity index is 1.25. The van der Waals surface area contributed by atoms with Gasteiger partial charge in [-0.05, 0) is 25.0 Å². The summed E-state index contributed by atoms with van der Waals surface area (Å²) in [5, 5.41) is 7.75. The summed E-state index contributed by atoms with van der Waals surface area (Å²) in [6.07, 6.45) is 7.01. The third-order valence-corrected chi connectivity index (χ3v) is 4.99. The van der Waals surface area contributed by atoms with Gasteiger partial charge in [-0.1, -0.05) is 0 Å². The summed E-state index contributed by atoms with van der Waals surface area (Å²) >= 11 is 0. The fourth-order valence-corrected chi connectivity index (χ4v) is 3.43. The molecule has 148 valence electrons. The van der Waals surface area contributed by atoms with E-state index < -0.39 is 0 Å². The van der Waals surface area contributed by atoms with Crippen molar-refractivity contribution in [1.29, 1.82) is 0 Å². The second-order valence-corrected chi connectivity index (χ2v) is 7.00. The van der Waals surface area contributed by atoms with Crippen molar-refractivity contribution in [3.63, 3.8) is 0 Å². The van der Waals surface area contributed by atoms with Crippen molar-refractivity contribution >= 4 is 5.91 Å². The Hall–Kier alpha value is -2.74. The smallest absolute Gasteiger partial charge is 0.255 e. The number of amides is 1. The van der Waals surface area contributed by atoms with Crippen LogP contribution in [0.2, 0.25) is 0 Å². The summed E-state index contributed by atoms with van der Waals surface area (Å²) in [6, 6.07) is 7.09. The normalized spacial score (nSPS) is 20.1. The van der Waals surface area contributed by atoms with Crippen LogP contribution >= 0.6 is 0 Å². The van der Waals surface area contributed by atoms with Crippen LogP contribution in [0.1, 0.15) is 36.0 Å². The van der Waals surface area contributed by atoms with Crippen LogP contribution in [-0.2, 0) is 4.74 Å². The molecule has 2 aromatic heterocycles. The summed E-state index contributed by atoms with van der Waals surface area (Å²) in [5.74, 6) is 1.02. The van der Waals surface area contributed by atoms with Crippen molar-refractivity contribution in [1.82, 2.24) is 20.1 Å². The van der Waals surface area contributed by atoms with E-state index in [2.05, 4.69) is 15.2 Å². The van der Waals surface area contributed by atoms with Gasteiger partial charge < -0.3 is 19.1 Å².